The first-order valence-electron chi connectivity index (χ1n) is 11.9. The Morgan fingerprint density at radius 2 is 2.00 bits per heavy atom. The quantitative estimate of drug-likeness (QED) is 0.602. The number of aliphatic hydroxyl groups is 3. The monoisotopic (exact) mass is 446 g/mol. The highest BCUT2D eigenvalue weighted by molar-refractivity contribution is 6.01. The summed E-state index contributed by atoms with van der Waals surface area (Å²) in [4.78, 5) is 25.3. The van der Waals surface area contributed by atoms with Crippen LogP contribution in [-0.2, 0) is 19.1 Å². The van der Waals surface area contributed by atoms with E-state index in [-0.39, 0.29) is 29.3 Å². The molecular weight excluding hydrogens is 412 g/mol. The van der Waals surface area contributed by atoms with Gasteiger partial charge in [0.2, 0.25) is 0 Å². The van der Waals surface area contributed by atoms with Gasteiger partial charge in [0.25, 0.3) is 0 Å². The van der Waals surface area contributed by atoms with Crippen LogP contribution in [0.3, 0.4) is 0 Å². The molecule has 0 spiro atoms. The van der Waals surface area contributed by atoms with Gasteiger partial charge in [-0.05, 0) is 55.2 Å². The molecule has 4 fully saturated rings. The fourth-order valence-electron chi connectivity index (χ4n) is 8.18. The molecule has 0 unspecified atom stereocenters. The molecule has 32 heavy (non-hydrogen) atoms. The summed E-state index contributed by atoms with van der Waals surface area (Å²) in [6.45, 7) is 5.37. The van der Waals surface area contributed by atoms with Crippen molar-refractivity contribution in [2.45, 2.75) is 83.1 Å². The minimum Gasteiger partial charge on any atom is -0.393 e. The molecule has 0 aromatic carbocycles. The number of carbonyl (C=O) groups is 2. The van der Waals surface area contributed by atoms with Crippen LogP contribution in [0.1, 0.15) is 52.9 Å². The number of ether oxygens (including phenoxy) is 2. The zero-order chi connectivity index (χ0) is 23.1. The van der Waals surface area contributed by atoms with Gasteiger partial charge >= 0.3 is 0 Å². The molecule has 176 valence electrons. The molecule has 0 amide bonds. The molecule has 3 N–H and O–H groups in total. The summed E-state index contributed by atoms with van der Waals surface area (Å²) in [5.74, 6) is -0.825. The molecule has 0 radical (unpaired) electrons. The Kier molecular flexibility index (Phi) is 5.12. The highest BCUT2D eigenvalue weighted by Crippen LogP contribution is 2.69. The third kappa shape index (κ3) is 2.66. The van der Waals surface area contributed by atoms with Gasteiger partial charge in [-0.1, -0.05) is 33.3 Å². The number of rotatable bonds is 4. The molecule has 0 aromatic rings. The maximum atomic E-state index is 13.2. The van der Waals surface area contributed by atoms with Gasteiger partial charge in [-0.25, -0.2) is 0 Å². The lowest BCUT2D eigenvalue weighted by molar-refractivity contribution is -0.203. The van der Waals surface area contributed by atoms with E-state index >= 15 is 0 Å². The van der Waals surface area contributed by atoms with E-state index in [1.165, 1.54) is 12.2 Å². The van der Waals surface area contributed by atoms with Crippen LogP contribution in [0.2, 0.25) is 0 Å². The first-order chi connectivity index (χ1) is 15.1. The number of hydrogen-bond donors (Lipinski definition) is 3. The fraction of sp³-hybridized carbons (Fsp3) is 0.760. The number of aliphatic hydroxyl groups excluding tert-OH is 3. The highest BCUT2D eigenvalue weighted by atomic mass is 16.7. The first kappa shape index (κ1) is 22.4. The van der Waals surface area contributed by atoms with Gasteiger partial charge in [0.05, 0.1) is 18.3 Å². The lowest BCUT2D eigenvalue weighted by Crippen LogP contribution is -2.64. The summed E-state index contributed by atoms with van der Waals surface area (Å²) >= 11 is 0. The molecule has 1 saturated heterocycles. The Morgan fingerprint density at radius 1 is 1.25 bits per heavy atom. The molecule has 1 aliphatic heterocycles. The third-order valence-corrected chi connectivity index (χ3v) is 9.39. The molecule has 3 saturated carbocycles. The number of ketones is 2. The van der Waals surface area contributed by atoms with E-state index in [0.717, 1.165) is 6.42 Å². The van der Waals surface area contributed by atoms with Gasteiger partial charge in [0, 0.05) is 16.7 Å². The minimum atomic E-state index is -1.29. The number of fused-ring (bicyclic) bond motifs is 7. The lowest BCUT2D eigenvalue weighted by atomic mass is 9.45. The number of carbonyl (C=O) groups excluding carboxylic acids is 2. The van der Waals surface area contributed by atoms with E-state index in [1.807, 2.05) is 26.8 Å². The van der Waals surface area contributed by atoms with Crippen molar-refractivity contribution in [2.24, 2.45) is 28.6 Å². The van der Waals surface area contributed by atoms with Crippen molar-refractivity contribution < 1.29 is 34.4 Å². The molecule has 5 rings (SSSR count). The predicted molar refractivity (Wildman–Crippen MR) is 114 cm³/mol. The van der Waals surface area contributed by atoms with Crippen molar-refractivity contribution in [3.8, 4) is 0 Å². The van der Waals surface area contributed by atoms with Crippen molar-refractivity contribution in [1.82, 2.24) is 0 Å². The Morgan fingerprint density at radius 3 is 2.69 bits per heavy atom. The van der Waals surface area contributed by atoms with Crippen molar-refractivity contribution in [1.29, 1.82) is 0 Å². The summed E-state index contributed by atoms with van der Waals surface area (Å²) in [5, 5.41) is 32.5. The first-order valence-corrected chi connectivity index (χ1v) is 11.9. The topological polar surface area (TPSA) is 113 Å². The molecule has 7 nitrogen and oxygen atoms in total. The van der Waals surface area contributed by atoms with Crippen LogP contribution in [0.4, 0.5) is 0 Å². The van der Waals surface area contributed by atoms with E-state index in [9.17, 15) is 24.9 Å². The molecule has 1 heterocycles. The molecule has 4 aliphatic carbocycles. The van der Waals surface area contributed by atoms with Gasteiger partial charge in [0.1, 0.15) is 6.61 Å². The summed E-state index contributed by atoms with van der Waals surface area (Å²) in [7, 11) is 0. The van der Waals surface area contributed by atoms with E-state index in [0.29, 0.717) is 31.3 Å². The van der Waals surface area contributed by atoms with Crippen molar-refractivity contribution in [3.63, 3.8) is 0 Å². The molecule has 0 aromatic heterocycles. The number of Topliss-reactive ketones (excluding diaryl/α,β-unsaturated/α-hetero) is 1. The Bertz CT molecular complexity index is 895. The van der Waals surface area contributed by atoms with Crippen LogP contribution < -0.4 is 0 Å². The average molecular weight is 447 g/mol. The van der Waals surface area contributed by atoms with E-state index in [4.69, 9.17) is 9.47 Å². The van der Waals surface area contributed by atoms with Crippen LogP contribution in [0, 0.1) is 28.6 Å². The van der Waals surface area contributed by atoms with Crippen LogP contribution in [-0.4, -0.2) is 63.7 Å². The lowest BCUT2D eigenvalue weighted by Gasteiger charge is -2.60. The van der Waals surface area contributed by atoms with Gasteiger partial charge < -0.3 is 24.8 Å². The summed E-state index contributed by atoms with van der Waals surface area (Å²) in [6, 6.07) is 0. The average Bonchev–Trinajstić information content (AvgIpc) is 3.21. The second-order valence-electron chi connectivity index (χ2n) is 10.9. The smallest absolute Gasteiger partial charge is 0.193 e. The maximum absolute atomic E-state index is 13.2. The fourth-order valence-corrected chi connectivity index (χ4v) is 8.18. The second kappa shape index (κ2) is 7.31. The number of hydrogen-bond acceptors (Lipinski definition) is 7. The predicted octanol–water partition coefficient (Wildman–Crippen LogP) is 1.69. The highest BCUT2D eigenvalue weighted by Gasteiger charge is 2.76. The molecular formula is C25H34O7. The van der Waals surface area contributed by atoms with Crippen LogP contribution >= 0.6 is 0 Å². The van der Waals surface area contributed by atoms with Crippen LogP contribution in [0.15, 0.2) is 23.8 Å². The maximum Gasteiger partial charge on any atom is 0.193 e. The summed E-state index contributed by atoms with van der Waals surface area (Å²) in [5.41, 5.74) is -1.98. The Balaban J connectivity index is 1.58. The normalized spacial score (nSPS) is 51.5. The van der Waals surface area contributed by atoms with Crippen LogP contribution in [0.25, 0.3) is 0 Å². The summed E-state index contributed by atoms with van der Waals surface area (Å²) < 4.78 is 12.6. The standard InChI is InChI=1S/C25H34O7/c1-4-5-21-31-20-10-15-14-9-17(28)16-8-13(27)6-7-23(16,2)22(14)18(29)11-24(15,3)25(20,32-21)19(30)12-26/h6-8,14-15,17-18,20-22,26,28-29H,4-5,9-12H2,1-3H3/t14-,15-,17-,18-,20+,21+,22+,23-,24-,25+/m0/s1. The van der Waals surface area contributed by atoms with Gasteiger partial charge in [0.15, 0.2) is 23.5 Å². The third-order valence-electron chi connectivity index (χ3n) is 9.39. The largest absolute Gasteiger partial charge is 0.393 e. The molecule has 5 aliphatic rings. The van der Waals surface area contributed by atoms with E-state index in [2.05, 4.69) is 0 Å². The Labute approximate surface area is 188 Å². The Hall–Kier alpha value is -1.38. The SMILES string of the molecule is CCC[C@@H]1O[C@@H]2C[C@H]3[C@@H]4C[C@H](O)C5=CC(=O)C=C[C@]5(C)[C@H]4[C@@H](O)C[C@]3(C)[C@]2(C(=O)CO)O1. The van der Waals surface area contributed by atoms with Gasteiger partial charge in [-0.2, -0.15) is 0 Å². The number of allylic oxidation sites excluding steroid dienone is 3. The summed E-state index contributed by atoms with van der Waals surface area (Å²) in [6.07, 6.45) is 5.21. The zero-order valence-electron chi connectivity index (χ0n) is 19.0. The zero-order valence-corrected chi connectivity index (χ0v) is 19.0. The van der Waals surface area contributed by atoms with Gasteiger partial charge in [-0.3, -0.25) is 9.59 Å². The van der Waals surface area contributed by atoms with Crippen molar-refractivity contribution in [3.05, 3.63) is 23.8 Å². The molecule has 10 atom stereocenters. The minimum absolute atomic E-state index is 0.0296. The second-order valence-corrected chi connectivity index (χ2v) is 10.9. The molecule has 7 heteroatoms. The van der Waals surface area contributed by atoms with E-state index in [1.54, 1.807) is 0 Å². The van der Waals surface area contributed by atoms with E-state index < -0.39 is 47.6 Å². The van der Waals surface area contributed by atoms with Crippen LogP contribution in [0.5, 0.6) is 0 Å². The van der Waals surface area contributed by atoms with Crippen molar-refractivity contribution >= 4 is 11.6 Å². The van der Waals surface area contributed by atoms with Gasteiger partial charge in [-0.15, -0.1) is 0 Å². The van der Waals surface area contributed by atoms with Crippen molar-refractivity contribution in [2.75, 3.05) is 6.61 Å². The molecule has 0 bridgehead atoms.